The summed E-state index contributed by atoms with van der Waals surface area (Å²) in [5.41, 5.74) is 5.43. The van der Waals surface area contributed by atoms with Crippen LogP contribution in [0.15, 0.2) is 0 Å². The van der Waals surface area contributed by atoms with Gasteiger partial charge in [0.05, 0.1) is 18.1 Å². The average Bonchev–Trinajstić information content (AvgIpc) is 2.66. The molecule has 1 aliphatic rings. The summed E-state index contributed by atoms with van der Waals surface area (Å²) in [4.78, 5) is 13.7. The number of nitrogens with two attached hydrogens (primary N) is 1. The Hall–Kier alpha value is -1.06. The minimum absolute atomic E-state index is 0.0236. The molecule has 5 nitrogen and oxygen atoms in total. The third kappa shape index (κ3) is 3.72. The van der Waals surface area contributed by atoms with Gasteiger partial charge in [-0.15, -0.1) is 6.42 Å². The molecule has 0 spiro atoms. The summed E-state index contributed by atoms with van der Waals surface area (Å²) >= 11 is 0. The van der Waals surface area contributed by atoms with Crippen LogP contribution in [0.25, 0.3) is 0 Å². The molecule has 6 heteroatoms. The van der Waals surface area contributed by atoms with E-state index in [1.807, 2.05) is 0 Å². The maximum absolute atomic E-state index is 12.2. The molecule has 1 heterocycles. The number of amides is 1. The van der Waals surface area contributed by atoms with E-state index in [0.29, 0.717) is 19.4 Å². The lowest BCUT2D eigenvalue weighted by Gasteiger charge is -2.28. The van der Waals surface area contributed by atoms with Crippen LogP contribution in [0.2, 0.25) is 0 Å². The smallest absolute Gasteiger partial charge is 0.226 e. The molecule has 0 aromatic rings. The second kappa shape index (κ2) is 6.21. The van der Waals surface area contributed by atoms with Crippen LogP contribution in [-0.4, -0.2) is 49.9 Å². The number of carbonyl (C=O) groups is 1. The summed E-state index contributed by atoms with van der Waals surface area (Å²) in [5, 5.41) is 0. The van der Waals surface area contributed by atoms with Crippen molar-refractivity contribution in [2.45, 2.75) is 25.8 Å². The first-order valence-electron chi connectivity index (χ1n) is 6.05. The van der Waals surface area contributed by atoms with E-state index in [1.165, 1.54) is 4.90 Å². The van der Waals surface area contributed by atoms with E-state index < -0.39 is 9.84 Å². The van der Waals surface area contributed by atoms with Crippen molar-refractivity contribution in [3.05, 3.63) is 0 Å². The first-order chi connectivity index (χ1) is 8.41. The normalized spacial score (nSPS) is 23.3. The lowest BCUT2D eigenvalue weighted by Crippen LogP contribution is -2.44. The molecule has 0 aromatic heterocycles. The summed E-state index contributed by atoms with van der Waals surface area (Å²) in [6.45, 7) is 2.38. The van der Waals surface area contributed by atoms with E-state index >= 15 is 0 Å². The molecule has 0 aliphatic carbocycles. The van der Waals surface area contributed by atoms with E-state index in [0.717, 1.165) is 0 Å². The molecular weight excluding hydrogens is 252 g/mol. The number of hydrogen-bond acceptors (Lipinski definition) is 4. The fraction of sp³-hybridized carbons (Fsp3) is 0.750. The molecule has 0 saturated carbocycles. The predicted octanol–water partition coefficient (Wildman–Crippen LogP) is -0.380. The molecule has 1 aliphatic heterocycles. The van der Waals surface area contributed by atoms with Crippen molar-refractivity contribution >= 4 is 15.7 Å². The highest BCUT2D eigenvalue weighted by molar-refractivity contribution is 7.91. The first-order valence-corrected chi connectivity index (χ1v) is 7.88. The van der Waals surface area contributed by atoms with Gasteiger partial charge in [0.1, 0.15) is 0 Å². The van der Waals surface area contributed by atoms with E-state index in [2.05, 4.69) is 5.92 Å². The summed E-state index contributed by atoms with van der Waals surface area (Å²) in [7, 11) is -3.02. The number of terminal acetylenes is 1. The number of nitrogens with zero attached hydrogens (tertiary/aromatic N) is 1. The lowest BCUT2D eigenvalue weighted by atomic mass is 10.0. The van der Waals surface area contributed by atoms with E-state index in [4.69, 9.17) is 12.2 Å². The predicted molar refractivity (Wildman–Crippen MR) is 70.4 cm³/mol. The maximum Gasteiger partial charge on any atom is 0.226 e. The van der Waals surface area contributed by atoms with Gasteiger partial charge in [0.25, 0.3) is 0 Å². The Kier molecular flexibility index (Phi) is 5.17. The van der Waals surface area contributed by atoms with E-state index in [9.17, 15) is 13.2 Å². The molecule has 1 amide bonds. The molecule has 102 valence electrons. The Bertz CT molecular complexity index is 439. The second-order valence-electron chi connectivity index (χ2n) is 4.71. The molecule has 0 bridgehead atoms. The molecule has 18 heavy (non-hydrogen) atoms. The van der Waals surface area contributed by atoms with Gasteiger partial charge in [-0.2, -0.15) is 0 Å². The minimum atomic E-state index is -3.02. The molecule has 1 rings (SSSR count). The summed E-state index contributed by atoms with van der Waals surface area (Å²) in [6, 6.07) is -0.279. The number of carbonyl (C=O) groups excluding carboxylic acids is 1. The monoisotopic (exact) mass is 272 g/mol. The van der Waals surface area contributed by atoms with Crippen molar-refractivity contribution in [3.63, 3.8) is 0 Å². The van der Waals surface area contributed by atoms with Crippen molar-refractivity contribution in [1.82, 2.24) is 4.90 Å². The molecular formula is C12H20N2O3S. The van der Waals surface area contributed by atoms with Gasteiger partial charge in [0.2, 0.25) is 5.91 Å². The molecule has 2 unspecified atom stereocenters. The zero-order chi connectivity index (χ0) is 13.8. The molecule has 2 N–H and O–H groups in total. The second-order valence-corrected chi connectivity index (χ2v) is 6.93. The highest BCUT2D eigenvalue weighted by atomic mass is 32.2. The topological polar surface area (TPSA) is 80.5 Å². The average molecular weight is 272 g/mol. The fourth-order valence-corrected chi connectivity index (χ4v) is 3.89. The number of rotatable bonds is 5. The van der Waals surface area contributed by atoms with Crippen LogP contribution in [-0.2, 0) is 14.6 Å². The Morgan fingerprint density at radius 1 is 1.61 bits per heavy atom. The third-order valence-electron chi connectivity index (χ3n) is 3.22. The van der Waals surface area contributed by atoms with Crippen molar-refractivity contribution in [1.29, 1.82) is 0 Å². The van der Waals surface area contributed by atoms with Crippen LogP contribution < -0.4 is 5.73 Å². The van der Waals surface area contributed by atoms with Crippen LogP contribution in [0.1, 0.15) is 19.8 Å². The van der Waals surface area contributed by atoms with Gasteiger partial charge >= 0.3 is 0 Å². The first kappa shape index (κ1) is 15.0. The maximum atomic E-state index is 12.2. The van der Waals surface area contributed by atoms with Crippen LogP contribution in [0.5, 0.6) is 0 Å². The number of sulfone groups is 1. The van der Waals surface area contributed by atoms with Gasteiger partial charge in [-0.1, -0.05) is 12.8 Å². The van der Waals surface area contributed by atoms with Gasteiger partial charge in [-0.05, 0) is 19.4 Å². The Morgan fingerprint density at radius 3 is 2.72 bits per heavy atom. The van der Waals surface area contributed by atoms with Crippen LogP contribution in [0.4, 0.5) is 0 Å². The SMILES string of the molecule is C#CCN(C(=O)C(C)CCN)C1CCS(=O)(=O)C1. The van der Waals surface area contributed by atoms with Crippen molar-refractivity contribution in [3.8, 4) is 12.3 Å². The van der Waals surface area contributed by atoms with Crippen LogP contribution in [0.3, 0.4) is 0 Å². The standard InChI is InChI=1S/C12H20N2O3S/c1-3-7-14(12(15)10(2)4-6-13)11-5-8-18(16,17)9-11/h1,10-11H,4-9,13H2,2H3. The summed E-state index contributed by atoms with van der Waals surface area (Å²) in [5.74, 6) is 2.28. The molecule has 2 atom stereocenters. The summed E-state index contributed by atoms with van der Waals surface area (Å²) < 4.78 is 22.9. The molecule has 1 saturated heterocycles. The van der Waals surface area contributed by atoms with Crippen molar-refractivity contribution in [2.75, 3.05) is 24.6 Å². The fourth-order valence-electron chi connectivity index (χ4n) is 2.16. The van der Waals surface area contributed by atoms with Gasteiger partial charge in [0, 0.05) is 12.0 Å². The molecule has 1 fully saturated rings. The van der Waals surface area contributed by atoms with E-state index in [-0.39, 0.29) is 35.9 Å². The van der Waals surface area contributed by atoms with Crippen LogP contribution in [0, 0.1) is 18.3 Å². The summed E-state index contributed by atoms with van der Waals surface area (Å²) in [6.07, 6.45) is 6.32. The Morgan fingerprint density at radius 2 is 2.28 bits per heavy atom. The van der Waals surface area contributed by atoms with Gasteiger partial charge < -0.3 is 10.6 Å². The highest BCUT2D eigenvalue weighted by Crippen LogP contribution is 2.20. The van der Waals surface area contributed by atoms with Crippen molar-refractivity contribution < 1.29 is 13.2 Å². The molecule has 0 radical (unpaired) electrons. The molecule has 0 aromatic carbocycles. The minimum Gasteiger partial charge on any atom is -0.330 e. The lowest BCUT2D eigenvalue weighted by molar-refractivity contribution is -0.136. The van der Waals surface area contributed by atoms with Gasteiger partial charge in [-0.25, -0.2) is 8.42 Å². The zero-order valence-electron chi connectivity index (χ0n) is 10.6. The van der Waals surface area contributed by atoms with Gasteiger partial charge in [0.15, 0.2) is 9.84 Å². The van der Waals surface area contributed by atoms with Crippen molar-refractivity contribution in [2.24, 2.45) is 11.7 Å². The quantitative estimate of drug-likeness (QED) is 0.692. The zero-order valence-corrected chi connectivity index (χ0v) is 11.4. The van der Waals surface area contributed by atoms with Crippen LogP contribution >= 0.6 is 0 Å². The van der Waals surface area contributed by atoms with Gasteiger partial charge in [-0.3, -0.25) is 4.79 Å². The third-order valence-corrected chi connectivity index (χ3v) is 4.97. The van der Waals surface area contributed by atoms with E-state index in [1.54, 1.807) is 6.92 Å². The Labute approximate surface area is 109 Å². The largest absolute Gasteiger partial charge is 0.330 e. The highest BCUT2D eigenvalue weighted by Gasteiger charge is 2.35. The Balaban J connectivity index is 2.77. The number of hydrogen-bond donors (Lipinski definition) is 1.